The standard InChI is InChI=1S/C10H17ClO/c1-3-10(2)6-4-8(5-7-10)9(11)12/h8H,3-7H2,1-2H3. The lowest BCUT2D eigenvalue weighted by molar-refractivity contribution is -0.116. The molecule has 0 unspecified atom stereocenters. The van der Waals surface area contributed by atoms with Crippen molar-refractivity contribution in [1.29, 1.82) is 0 Å². The number of halogens is 1. The first-order chi connectivity index (χ1) is 5.57. The van der Waals surface area contributed by atoms with Gasteiger partial charge >= 0.3 is 0 Å². The summed E-state index contributed by atoms with van der Waals surface area (Å²) in [6.07, 6.45) is 5.52. The highest BCUT2D eigenvalue weighted by molar-refractivity contribution is 6.63. The molecule has 0 aliphatic heterocycles. The van der Waals surface area contributed by atoms with Gasteiger partial charge < -0.3 is 0 Å². The topological polar surface area (TPSA) is 17.1 Å². The fraction of sp³-hybridized carbons (Fsp3) is 0.900. The molecule has 0 bridgehead atoms. The first kappa shape index (κ1) is 10.0. The zero-order valence-electron chi connectivity index (χ0n) is 7.90. The number of hydrogen-bond acceptors (Lipinski definition) is 1. The molecule has 1 nitrogen and oxygen atoms in total. The maximum absolute atomic E-state index is 10.9. The van der Waals surface area contributed by atoms with Gasteiger partial charge in [-0.25, -0.2) is 0 Å². The molecular formula is C10H17ClO. The molecule has 1 aliphatic carbocycles. The van der Waals surface area contributed by atoms with Crippen LogP contribution in [0.5, 0.6) is 0 Å². The highest BCUT2D eigenvalue weighted by Crippen LogP contribution is 2.41. The maximum atomic E-state index is 10.9. The Morgan fingerprint density at radius 3 is 2.33 bits per heavy atom. The van der Waals surface area contributed by atoms with E-state index in [1.165, 1.54) is 6.42 Å². The average molecular weight is 189 g/mol. The zero-order chi connectivity index (χ0) is 9.19. The average Bonchev–Trinajstić information content (AvgIpc) is 2.05. The number of hydrogen-bond donors (Lipinski definition) is 0. The van der Waals surface area contributed by atoms with Crippen LogP contribution in [0.2, 0.25) is 0 Å². The minimum Gasteiger partial charge on any atom is -0.281 e. The van der Waals surface area contributed by atoms with Crippen LogP contribution in [0.15, 0.2) is 0 Å². The molecule has 0 aromatic rings. The van der Waals surface area contributed by atoms with Crippen LogP contribution in [0, 0.1) is 11.3 Å². The Hall–Kier alpha value is -0.0400. The predicted octanol–water partition coefficient (Wildman–Crippen LogP) is 3.36. The monoisotopic (exact) mass is 188 g/mol. The van der Waals surface area contributed by atoms with Crippen molar-refractivity contribution in [3.63, 3.8) is 0 Å². The molecule has 0 spiro atoms. The van der Waals surface area contributed by atoms with Crippen LogP contribution < -0.4 is 0 Å². The summed E-state index contributed by atoms with van der Waals surface area (Å²) in [5.41, 5.74) is 0.475. The molecule has 0 heterocycles. The molecule has 1 fully saturated rings. The molecular weight excluding hydrogens is 172 g/mol. The summed E-state index contributed by atoms with van der Waals surface area (Å²) in [4.78, 5) is 10.9. The normalized spacial score (nSPS) is 36.4. The second-order valence-corrected chi connectivity index (χ2v) is 4.62. The third kappa shape index (κ3) is 2.22. The van der Waals surface area contributed by atoms with Crippen LogP contribution in [0.3, 0.4) is 0 Å². The van der Waals surface area contributed by atoms with Gasteiger partial charge in [0.15, 0.2) is 0 Å². The van der Waals surface area contributed by atoms with Gasteiger partial charge in [0, 0.05) is 5.92 Å². The Bertz CT molecular complexity index is 169. The van der Waals surface area contributed by atoms with Crippen molar-refractivity contribution in [1.82, 2.24) is 0 Å². The second kappa shape index (κ2) is 3.78. The number of carbonyl (C=O) groups is 1. The van der Waals surface area contributed by atoms with Gasteiger partial charge in [0.2, 0.25) is 5.24 Å². The molecule has 70 valence electrons. The summed E-state index contributed by atoms with van der Waals surface area (Å²) in [5.74, 6) is 0.145. The van der Waals surface area contributed by atoms with Gasteiger partial charge in [-0.3, -0.25) is 4.79 Å². The predicted molar refractivity (Wildman–Crippen MR) is 51.2 cm³/mol. The summed E-state index contributed by atoms with van der Waals surface area (Å²) in [6.45, 7) is 4.53. The van der Waals surface area contributed by atoms with E-state index in [9.17, 15) is 4.79 Å². The molecule has 0 atom stereocenters. The Balaban J connectivity index is 2.44. The van der Waals surface area contributed by atoms with E-state index >= 15 is 0 Å². The van der Waals surface area contributed by atoms with Gasteiger partial charge in [-0.05, 0) is 42.7 Å². The lowest BCUT2D eigenvalue weighted by Crippen LogP contribution is -2.26. The summed E-state index contributed by atoms with van der Waals surface area (Å²) in [6, 6.07) is 0. The lowest BCUT2D eigenvalue weighted by Gasteiger charge is -2.35. The van der Waals surface area contributed by atoms with Gasteiger partial charge in [0.25, 0.3) is 0 Å². The molecule has 12 heavy (non-hydrogen) atoms. The first-order valence-corrected chi connectivity index (χ1v) is 5.14. The minimum absolute atomic E-state index is 0.131. The maximum Gasteiger partial charge on any atom is 0.224 e. The quantitative estimate of drug-likeness (QED) is 0.608. The van der Waals surface area contributed by atoms with Crippen LogP contribution in [0.25, 0.3) is 0 Å². The van der Waals surface area contributed by atoms with Gasteiger partial charge in [-0.1, -0.05) is 20.3 Å². The Kier molecular flexibility index (Phi) is 3.16. The van der Waals surface area contributed by atoms with Crippen LogP contribution in [0.4, 0.5) is 0 Å². The van der Waals surface area contributed by atoms with Crippen LogP contribution in [-0.2, 0) is 4.79 Å². The van der Waals surface area contributed by atoms with Crippen molar-refractivity contribution in [3.05, 3.63) is 0 Å². The van der Waals surface area contributed by atoms with Crippen molar-refractivity contribution < 1.29 is 4.79 Å². The van der Waals surface area contributed by atoms with Crippen LogP contribution >= 0.6 is 11.6 Å². The SMILES string of the molecule is CCC1(C)CCC(C(=O)Cl)CC1. The van der Waals surface area contributed by atoms with E-state index in [0.717, 1.165) is 25.7 Å². The lowest BCUT2D eigenvalue weighted by atomic mass is 9.70. The van der Waals surface area contributed by atoms with Gasteiger partial charge in [-0.2, -0.15) is 0 Å². The summed E-state index contributed by atoms with van der Waals surface area (Å²) < 4.78 is 0. The first-order valence-electron chi connectivity index (χ1n) is 4.77. The zero-order valence-corrected chi connectivity index (χ0v) is 8.66. The van der Waals surface area contributed by atoms with E-state index in [0.29, 0.717) is 5.41 Å². The molecule has 0 radical (unpaired) electrons. The van der Waals surface area contributed by atoms with Gasteiger partial charge in [-0.15, -0.1) is 0 Å². The van der Waals surface area contributed by atoms with E-state index < -0.39 is 0 Å². The minimum atomic E-state index is -0.131. The molecule has 2 heteroatoms. The van der Waals surface area contributed by atoms with Crippen LogP contribution in [-0.4, -0.2) is 5.24 Å². The Morgan fingerprint density at radius 1 is 1.50 bits per heavy atom. The largest absolute Gasteiger partial charge is 0.281 e. The third-order valence-corrected chi connectivity index (χ3v) is 3.68. The van der Waals surface area contributed by atoms with Crippen molar-refractivity contribution in [2.75, 3.05) is 0 Å². The van der Waals surface area contributed by atoms with Crippen molar-refractivity contribution >= 4 is 16.8 Å². The molecule has 1 rings (SSSR count). The van der Waals surface area contributed by atoms with Gasteiger partial charge in [0.1, 0.15) is 0 Å². The third-order valence-electron chi connectivity index (χ3n) is 3.37. The van der Waals surface area contributed by atoms with Crippen molar-refractivity contribution in [2.45, 2.75) is 46.0 Å². The fourth-order valence-corrected chi connectivity index (χ4v) is 2.11. The summed E-state index contributed by atoms with van der Waals surface area (Å²) in [5, 5.41) is -0.131. The van der Waals surface area contributed by atoms with Gasteiger partial charge in [0.05, 0.1) is 0 Å². The molecule has 0 amide bonds. The fourth-order valence-electron chi connectivity index (χ4n) is 1.90. The van der Waals surface area contributed by atoms with E-state index in [1.54, 1.807) is 0 Å². The Morgan fingerprint density at radius 2 is 2.00 bits per heavy atom. The van der Waals surface area contributed by atoms with E-state index in [2.05, 4.69) is 13.8 Å². The molecule has 0 saturated heterocycles. The number of rotatable bonds is 2. The van der Waals surface area contributed by atoms with E-state index in [4.69, 9.17) is 11.6 Å². The molecule has 0 aromatic heterocycles. The highest BCUT2D eigenvalue weighted by Gasteiger charge is 2.31. The summed E-state index contributed by atoms with van der Waals surface area (Å²) in [7, 11) is 0. The van der Waals surface area contributed by atoms with Crippen molar-refractivity contribution in [3.8, 4) is 0 Å². The van der Waals surface area contributed by atoms with E-state index in [1.807, 2.05) is 0 Å². The molecule has 0 N–H and O–H groups in total. The van der Waals surface area contributed by atoms with Crippen LogP contribution in [0.1, 0.15) is 46.0 Å². The second-order valence-electron chi connectivity index (χ2n) is 4.24. The van der Waals surface area contributed by atoms with Crippen molar-refractivity contribution in [2.24, 2.45) is 11.3 Å². The number of carbonyl (C=O) groups excluding carboxylic acids is 1. The molecule has 0 aromatic carbocycles. The smallest absolute Gasteiger partial charge is 0.224 e. The molecule has 1 aliphatic rings. The molecule has 1 saturated carbocycles. The Labute approximate surface area is 79.5 Å². The van der Waals surface area contributed by atoms with E-state index in [-0.39, 0.29) is 11.2 Å². The summed E-state index contributed by atoms with van der Waals surface area (Å²) >= 11 is 5.45. The highest BCUT2D eigenvalue weighted by atomic mass is 35.5.